The molecule has 0 saturated heterocycles. The lowest BCUT2D eigenvalue weighted by Gasteiger charge is -2.16. The first-order valence-electron chi connectivity index (χ1n) is 19.6. The SMILES string of the molecule is COC(=S)Cl.COC(=S)Oc1c(C)c(-c2cccnc2)oc(=O)c1-c1ccc(-c2ccc(F)cc2)cc1Cl.Cc1c(-c2cccnc2)oc(=O)c(-c2ccc(-c3ccc(F)cc3)cc2Cl)c1O. The van der Waals surface area contributed by atoms with Crippen molar-refractivity contribution in [3.63, 3.8) is 0 Å². The molecule has 0 spiro atoms. The second-order valence-electron chi connectivity index (χ2n) is 14.0. The standard InChI is InChI=1S/C25H17ClFNO4S.C23H15ClFNO3.C2H3ClOS/c1-14-22(17-4-3-11-28-13-17)31-24(29)21(23(14)32-25(33)30-2)19-10-7-16(12-20(19)26)15-5-8-18(27)9-6-15;1-13-21(27)20(23(28)29-22(13)16-3-2-10-26-12-16)18-9-6-15(11-19(18)24)14-4-7-17(25)8-5-14;1-4-2(3)5/h3-13H,1-2H3;2-12,27H,1H3;1H3. The van der Waals surface area contributed by atoms with Crippen molar-refractivity contribution in [2.75, 3.05) is 14.2 Å². The monoisotopic (exact) mass is 998 g/mol. The lowest BCUT2D eigenvalue weighted by molar-refractivity contribution is 0.313. The zero-order chi connectivity index (χ0) is 48.4. The van der Waals surface area contributed by atoms with Crippen LogP contribution in [0.2, 0.25) is 10.0 Å². The van der Waals surface area contributed by atoms with Crippen LogP contribution in [0.25, 0.3) is 67.2 Å². The molecule has 8 aromatic rings. The van der Waals surface area contributed by atoms with Gasteiger partial charge in [0.25, 0.3) is 4.51 Å². The zero-order valence-corrected chi connectivity index (χ0v) is 39.5. The lowest BCUT2D eigenvalue weighted by Crippen LogP contribution is -2.14. The molecule has 0 aliphatic rings. The Kier molecular flexibility index (Phi) is 16.7. The van der Waals surface area contributed by atoms with E-state index in [1.807, 2.05) is 0 Å². The van der Waals surface area contributed by atoms with E-state index in [2.05, 4.69) is 26.9 Å². The second-order valence-corrected chi connectivity index (χ2v) is 16.1. The maximum atomic E-state index is 13.3. The average Bonchev–Trinajstić information content (AvgIpc) is 3.33. The fourth-order valence-electron chi connectivity index (χ4n) is 6.56. The molecule has 10 nitrogen and oxygen atoms in total. The molecule has 17 heteroatoms. The average molecular weight is 1000 g/mol. The second kappa shape index (κ2) is 22.6. The van der Waals surface area contributed by atoms with Crippen LogP contribution in [0.15, 0.2) is 152 Å². The van der Waals surface area contributed by atoms with Gasteiger partial charge in [-0.05, 0) is 121 Å². The van der Waals surface area contributed by atoms with Gasteiger partial charge >= 0.3 is 16.5 Å². The number of aromatic hydroxyl groups is 1. The molecule has 340 valence electrons. The van der Waals surface area contributed by atoms with Gasteiger partial charge in [0.1, 0.15) is 40.0 Å². The van der Waals surface area contributed by atoms with Crippen molar-refractivity contribution in [2.45, 2.75) is 13.8 Å². The molecule has 0 unspecified atom stereocenters. The predicted octanol–water partition coefficient (Wildman–Crippen LogP) is 13.4. The molecule has 0 radical (unpaired) electrons. The van der Waals surface area contributed by atoms with Crippen LogP contribution in [0, 0.1) is 25.5 Å². The summed E-state index contributed by atoms with van der Waals surface area (Å²) in [5.74, 6) is -0.138. The van der Waals surface area contributed by atoms with Gasteiger partial charge in [-0.15, -0.1) is 0 Å². The van der Waals surface area contributed by atoms with Gasteiger partial charge in [0.2, 0.25) is 0 Å². The first-order chi connectivity index (χ1) is 32.1. The van der Waals surface area contributed by atoms with Gasteiger partial charge in [-0.1, -0.05) is 71.7 Å². The number of benzene rings is 4. The summed E-state index contributed by atoms with van der Waals surface area (Å²) in [4.78, 5) is 33.9. The fourth-order valence-corrected chi connectivity index (χ4v) is 7.20. The highest BCUT2D eigenvalue weighted by Crippen LogP contribution is 2.41. The zero-order valence-electron chi connectivity index (χ0n) is 35.6. The third kappa shape index (κ3) is 12.0. The Hall–Kier alpha value is -6.81. The van der Waals surface area contributed by atoms with Crippen LogP contribution < -0.4 is 16.0 Å². The molecule has 4 heterocycles. The minimum absolute atomic E-state index is 0.00852. The van der Waals surface area contributed by atoms with E-state index in [0.29, 0.717) is 39.1 Å². The Morgan fingerprint density at radius 1 is 0.612 bits per heavy atom. The van der Waals surface area contributed by atoms with Gasteiger partial charge in [-0.2, -0.15) is 0 Å². The van der Waals surface area contributed by atoms with Crippen LogP contribution in [0.5, 0.6) is 11.5 Å². The van der Waals surface area contributed by atoms with E-state index < -0.39 is 11.3 Å². The van der Waals surface area contributed by atoms with E-state index in [9.17, 15) is 23.5 Å². The Morgan fingerprint density at radius 3 is 1.43 bits per heavy atom. The predicted molar refractivity (Wildman–Crippen MR) is 265 cm³/mol. The van der Waals surface area contributed by atoms with E-state index in [4.69, 9.17) is 65.3 Å². The molecular weight excluding hydrogens is 965 g/mol. The number of pyridine rings is 2. The summed E-state index contributed by atoms with van der Waals surface area (Å²) in [6.45, 7) is 3.40. The van der Waals surface area contributed by atoms with Crippen LogP contribution in [0.4, 0.5) is 8.78 Å². The normalized spacial score (nSPS) is 10.5. The van der Waals surface area contributed by atoms with E-state index in [1.54, 1.807) is 124 Å². The summed E-state index contributed by atoms with van der Waals surface area (Å²) >= 11 is 27.3. The molecule has 0 saturated carbocycles. The number of rotatable bonds is 7. The molecule has 4 aromatic heterocycles. The Balaban J connectivity index is 0.000000202. The smallest absolute Gasteiger partial charge is 0.357 e. The fraction of sp³-hybridized carbons (Fsp3) is 0.0800. The summed E-state index contributed by atoms with van der Waals surface area (Å²) < 4.78 is 52.6. The number of aromatic nitrogens is 2. The summed E-state index contributed by atoms with van der Waals surface area (Å²) in [7, 11) is 2.80. The number of ether oxygens (including phenoxy) is 3. The minimum atomic E-state index is -0.705. The summed E-state index contributed by atoms with van der Waals surface area (Å²) in [5, 5.41) is 11.1. The Morgan fingerprint density at radius 2 is 1.03 bits per heavy atom. The first kappa shape index (κ1) is 49.6. The molecule has 0 aliphatic carbocycles. The van der Waals surface area contributed by atoms with Gasteiger partial charge in [-0.25, -0.2) is 18.4 Å². The summed E-state index contributed by atoms with van der Waals surface area (Å²) in [6.07, 6.45) is 6.35. The molecule has 4 aromatic carbocycles. The third-order valence-electron chi connectivity index (χ3n) is 9.83. The lowest BCUT2D eigenvalue weighted by atomic mass is 9.98. The topological polar surface area (TPSA) is 134 Å². The largest absolute Gasteiger partial charge is 0.507 e. The number of hydrogen-bond acceptors (Lipinski definition) is 12. The Labute approximate surface area is 407 Å². The summed E-state index contributed by atoms with van der Waals surface area (Å²) in [6, 6.07) is 29.1. The highest BCUT2D eigenvalue weighted by atomic mass is 35.5. The number of nitrogens with zero attached hydrogens (tertiary/aromatic N) is 2. The molecular formula is C50H35Cl3F2N2O8S2. The van der Waals surface area contributed by atoms with Crippen molar-refractivity contribution in [1.29, 1.82) is 0 Å². The molecule has 0 fully saturated rings. The molecule has 67 heavy (non-hydrogen) atoms. The van der Waals surface area contributed by atoms with Crippen LogP contribution >= 0.6 is 59.2 Å². The molecule has 8 rings (SSSR count). The molecule has 0 bridgehead atoms. The molecule has 0 atom stereocenters. The third-order valence-corrected chi connectivity index (χ3v) is 11.0. The van der Waals surface area contributed by atoms with E-state index in [-0.39, 0.29) is 59.8 Å². The van der Waals surface area contributed by atoms with Crippen molar-refractivity contribution >= 4 is 69.0 Å². The van der Waals surface area contributed by atoms with E-state index >= 15 is 0 Å². The van der Waals surface area contributed by atoms with E-state index in [0.717, 1.165) is 22.3 Å². The van der Waals surface area contributed by atoms with Crippen molar-refractivity contribution in [3.8, 4) is 78.7 Å². The van der Waals surface area contributed by atoms with Crippen molar-refractivity contribution in [2.24, 2.45) is 0 Å². The van der Waals surface area contributed by atoms with Crippen LogP contribution in [0.3, 0.4) is 0 Å². The molecule has 0 amide bonds. The van der Waals surface area contributed by atoms with Gasteiger partial charge < -0.3 is 28.2 Å². The van der Waals surface area contributed by atoms with E-state index in [1.165, 1.54) is 38.5 Å². The first-order valence-corrected chi connectivity index (χ1v) is 21.5. The minimum Gasteiger partial charge on any atom is -0.507 e. The maximum Gasteiger partial charge on any atom is 0.357 e. The van der Waals surface area contributed by atoms with Gasteiger partial charge in [0.05, 0.1) is 14.2 Å². The maximum absolute atomic E-state index is 13.3. The van der Waals surface area contributed by atoms with Crippen molar-refractivity contribution in [3.05, 3.63) is 188 Å². The number of hydrogen-bond donors (Lipinski definition) is 1. The van der Waals surface area contributed by atoms with Crippen LogP contribution in [0.1, 0.15) is 11.1 Å². The number of halogens is 5. The molecule has 1 N–H and O–H groups in total. The quantitative estimate of drug-likeness (QED) is 0.120. The van der Waals surface area contributed by atoms with Crippen LogP contribution in [-0.4, -0.2) is 39.0 Å². The van der Waals surface area contributed by atoms with Crippen molar-refractivity contribution in [1.82, 2.24) is 9.97 Å². The van der Waals surface area contributed by atoms with Gasteiger partial charge in [-0.3, -0.25) is 9.97 Å². The van der Waals surface area contributed by atoms with Crippen molar-refractivity contribution < 1.29 is 36.9 Å². The van der Waals surface area contributed by atoms with Gasteiger partial charge in [0.15, 0.2) is 5.75 Å². The number of methoxy groups -OCH3 is 2. The number of thiocarbonyl (C=S) groups is 2. The molecule has 0 aliphatic heterocycles. The Bertz CT molecular complexity index is 3200. The van der Waals surface area contributed by atoms with Gasteiger partial charge in [0, 0.05) is 80.4 Å². The highest BCUT2D eigenvalue weighted by Gasteiger charge is 2.25. The summed E-state index contributed by atoms with van der Waals surface area (Å²) in [5.41, 5.74) is 4.66. The highest BCUT2D eigenvalue weighted by molar-refractivity contribution is 7.82. The van der Waals surface area contributed by atoms with Crippen LogP contribution in [-0.2, 0) is 9.47 Å².